The Balaban J connectivity index is 1.59. The lowest BCUT2D eigenvalue weighted by Crippen LogP contribution is -2.07. The summed E-state index contributed by atoms with van der Waals surface area (Å²) in [6.45, 7) is 4.33. The fourth-order valence-corrected chi connectivity index (χ4v) is 3.41. The van der Waals surface area contributed by atoms with E-state index in [4.69, 9.17) is 0 Å². The predicted octanol–water partition coefficient (Wildman–Crippen LogP) is 3.90. The third-order valence-electron chi connectivity index (χ3n) is 4.18. The standard InChI is InChI=1S/C20H22N4OS/c1-14(2)16-6-4-15(5-7-16)12-18(25)13-26-20-23-22-19(24(20)3)17-8-10-21-11-9-17/h4-11,14H,12-13H2,1-3H3. The van der Waals surface area contributed by atoms with Crippen LogP contribution in [0, 0.1) is 0 Å². The Hall–Kier alpha value is -2.47. The zero-order valence-corrected chi connectivity index (χ0v) is 16.0. The van der Waals surface area contributed by atoms with E-state index in [1.807, 2.05) is 35.9 Å². The molecule has 0 aliphatic rings. The molecule has 0 N–H and O–H groups in total. The van der Waals surface area contributed by atoms with E-state index in [1.165, 1.54) is 17.3 Å². The molecule has 1 aromatic carbocycles. The first-order valence-corrected chi connectivity index (χ1v) is 9.56. The van der Waals surface area contributed by atoms with Crippen molar-refractivity contribution in [3.63, 3.8) is 0 Å². The van der Waals surface area contributed by atoms with Gasteiger partial charge in [-0.15, -0.1) is 10.2 Å². The van der Waals surface area contributed by atoms with Crippen molar-refractivity contribution in [3.05, 3.63) is 59.9 Å². The molecule has 26 heavy (non-hydrogen) atoms. The topological polar surface area (TPSA) is 60.7 Å². The number of ketones is 1. The van der Waals surface area contributed by atoms with E-state index < -0.39 is 0 Å². The Kier molecular flexibility index (Phi) is 5.83. The van der Waals surface area contributed by atoms with Crippen LogP contribution < -0.4 is 0 Å². The first-order chi connectivity index (χ1) is 12.5. The van der Waals surface area contributed by atoms with Crippen LogP contribution >= 0.6 is 11.8 Å². The summed E-state index contributed by atoms with van der Waals surface area (Å²) in [6.07, 6.45) is 3.90. The summed E-state index contributed by atoms with van der Waals surface area (Å²) in [5, 5.41) is 9.17. The molecule has 5 nitrogen and oxygen atoms in total. The minimum Gasteiger partial charge on any atom is -0.305 e. The molecular formula is C20H22N4OS. The van der Waals surface area contributed by atoms with Crippen molar-refractivity contribution in [2.75, 3.05) is 5.75 Å². The molecule has 2 heterocycles. The molecule has 0 amide bonds. The van der Waals surface area contributed by atoms with Gasteiger partial charge < -0.3 is 4.57 Å². The fraction of sp³-hybridized carbons (Fsp3) is 0.300. The number of benzene rings is 1. The number of Topliss-reactive ketones (excluding diaryl/α,β-unsaturated/α-hetero) is 1. The number of nitrogens with zero attached hydrogens (tertiary/aromatic N) is 4. The Morgan fingerprint density at radius 1 is 1.08 bits per heavy atom. The number of carbonyl (C=O) groups is 1. The SMILES string of the molecule is CC(C)c1ccc(CC(=O)CSc2nnc(-c3ccncc3)n2C)cc1. The quantitative estimate of drug-likeness (QED) is 0.594. The van der Waals surface area contributed by atoms with E-state index in [9.17, 15) is 4.79 Å². The van der Waals surface area contributed by atoms with Gasteiger partial charge in [0, 0.05) is 31.4 Å². The van der Waals surface area contributed by atoms with Gasteiger partial charge in [-0.3, -0.25) is 9.78 Å². The van der Waals surface area contributed by atoms with Crippen LogP contribution in [-0.2, 0) is 18.3 Å². The van der Waals surface area contributed by atoms with E-state index in [-0.39, 0.29) is 5.78 Å². The lowest BCUT2D eigenvalue weighted by atomic mass is 10.0. The van der Waals surface area contributed by atoms with Gasteiger partial charge in [0.15, 0.2) is 11.0 Å². The molecule has 0 saturated carbocycles. The number of carbonyl (C=O) groups excluding carboxylic acids is 1. The van der Waals surface area contributed by atoms with Gasteiger partial charge in [0.2, 0.25) is 0 Å². The van der Waals surface area contributed by atoms with Crippen LogP contribution in [0.2, 0.25) is 0 Å². The Morgan fingerprint density at radius 2 is 1.77 bits per heavy atom. The highest BCUT2D eigenvalue weighted by atomic mass is 32.2. The molecule has 134 valence electrons. The molecule has 0 spiro atoms. The molecule has 0 radical (unpaired) electrons. The van der Waals surface area contributed by atoms with Crippen molar-refractivity contribution in [3.8, 4) is 11.4 Å². The average molecular weight is 366 g/mol. The van der Waals surface area contributed by atoms with Gasteiger partial charge in [0.25, 0.3) is 0 Å². The van der Waals surface area contributed by atoms with E-state index in [0.717, 1.165) is 22.1 Å². The molecule has 0 aliphatic carbocycles. The normalized spacial score (nSPS) is 11.1. The minimum absolute atomic E-state index is 0.181. The molecule has 0 unspecified atom stereocenters. The summed E-state index contributed by atoms with van der Waals surface area (Å²) in [5.74, 6) is 1.84. The summed E-state index contributed by atoms with van der Waals surface area (Å²) in [7, 11) is 1.91. The maximum atomic E-state index is 12.3. The van der Waals surface area contributed by atoms with Crippen molar-refractivity contribution in [1.82, 2.24) is 19.7 Å². The van der Waals surface area contributed by atoms with Gasteiger partial charge in [0.1, 0.15) is 5.78 Å². The van der Waals surface area contributed by atoms with Crippen LogP contribution in [-0.4, -0.2) is 31.3 Å². The lowest BCUT2D eigenvalue weighted by molar-refractivity contribution is -0.116. The van der Waals surface area contributed by atoms with Crippen molar-refractivity contribution < 1.29 is 4.79 Å². The molecular weight excluding hydrogens is 344 g/mol. The number of hydrogen-bond donors (Lipinski definition) is 0. The Bertz CT molecular complexity index is 873. The molecule has 3 aromatic rings. The molecule has 6 heteroatoms. The summed E-state index contributed by atoms with van der Waals surface area (Å²) < 4.78 is 1.91. The van der Waals surface area contributed by atoms with Gasteiger partial charge in [0.05, 0.1) is 5.75 Å². The van der Waals surface area contributed by atoms with Crippen molar-refractivity contribution >= 4 is 17.5 Å². The van der Waals surface area contributed by atoms with Crippen LogP contribution in [0.1, 0.15) is 30.9 Å². The molecule has 3 rings (SSSR count). The van der Waals surface area contributed by atoms with Gasteiger partial charge in [-0.25, -0.2) is 0 Å². The van der Waals surface area contributed by atoms with Crippen LogP contribution in [0.25, 0.3) is 11.4 Å². The maximum Gasteiger partial charge on any atom is 0.191 e. The van der Waals surface area contributed by atoms with E-state index in [0.29, 0.717) is 18.1 Å². The molecule has 0 fully saturated rings. The predicted molar refractivity (Wildman–Crippen MR) is 104 cm³/mol. The van der Waals surface area contributed by atoms with E-state index in [2.05, 4.69) is 41.2 Å². The number of pyridine rings is 1. The number of rotatable bonds is 7. The van der Waals surface area contributed by atoms with Crippen molar-refractivity contribution in [1.29, 1.82) is 0 Å². The third-order valence-corrected chi connectivity index (χ3v) is 5.26. The average Bonchev–Trinajstić information content (AvgIpc) is 3.02. The van der Waals surface area contributed by atoms with E-state index >= 15 is 0 Å². The van der Waals surface area contributed by atoms with Crippen LogP contribution in [0.15, 0.2) is 53.9 Å². The number of hydrogen-bond acceptors (Lipinski definition) is 5. The second-order valence-electron chi connectivity index (χ2n) is 6.50. The monoisotopic (exact) mass is 366 g/mol. The van der Waals surface area contributed by atoms with Crippen molar-refractivity contribution in [2.24, 2.45) is 7.05 Å². The maximum absolute atomic E-state index is 12.3. The first-order valence-electron chi connectivity index (χ1n) is 8.57. The third kappa shape index (κ3) is 4.38. The van der Waals surface area contributed by atoms with E-state index in [1.54, 1.807) is 12.4 Å². The lowest BCUT2D eigenvalue weighted by Gasteiger charge is -2.07. The summed E-state index contributed by atoms with van der Waals surface area (Å²) in [4.78, 5) is 16.3. The van der Waals surface area contributed by atoms with Crippen LogP contribution in [0.4, 0.5) is 0 Å². The van der Waals surface area contributed by atoms with Gasteiger partial charge >= 0.3 is 0 Å². The van der Waals surface area contributed by atoms with Gasteiger partial charge in [-0.1, -0.05) is 49.9 Å². The molecule has 0 aliphatic heterocycles. The summed E-state index contributed by atoms with van der Waals surface area (Å²) in [6, 6.07) is 12.1. The number of aromatic nitrogens is 4. The molecule has 2 aromatic heterocycles. The van der Waals surface area contributed by atoms with Gasteiger partial charge in [-0.05, 0) is 29.2 Å². The highest BCUT2D eigenvalue weighted by Crippen LogP contribution is 2.22. The van der Waals surface area contributed by atoms with Gasteiger partial charge in [-0.2, -0.15) is 0 Å². The molecule has 0 atom stereocenters. The zero-order chi connectivity index (χ0) is 18.5. The second kappa shape index (κ2) is 8.27. The first kappa shape index (κ1) is 18.3. The summed E-state index contributed by atoms with van der Waals surface area (Å²) >= 11 is 1.42. The molecule has 0 bridgehead atoms. The highest BCUT2D eigenvalue weighted by Gasteiger charge is 2.13. The smallest absolute Gasteiger partial charge is 0.191 e. The minimum atomic E-state index is 0.181. The van der Waals surface area contributed by atoms with Crippen molar-refractivity contribution in [2.45, 2.75) is 31.3 Å². The van der Waals surface area contributed by atoms with Crippen LogP contribution in [0.5, 0.6) is 0 Å². The fourth-order valence-electron chi connectivity index (χ4n) is 2.64. The van der Waals surface area contributed by atoms with Crippen LogP contribution in [0.3, 0.4) is 0 Å². The molecule has 0 saturated heterocycles. The highest BCUT2D eigenvalue weighted by molar-refractivity contribution is 7.99. The largest absolute Gasteiger partial charge is 0.305 e. The zero-order valence-electron chi connectivity index (χ0n) is 15.2. The Morgan fingerprint density at radius 3 is 2.42 bits per heavy atom. The summed E-state index contributed by atoms with van der Waals surface area (Å²) in [5.41, 5.74) is 3.30. The Labute approximate surface area is 157 Å². The number of thioether (sulfide) groups is 1. The second-order valence-corrected chi connectivity index (χ2v) is 7.44.